The molecule has 5 nitrogen and oxygen atoms in total. The maximum Gasteiger partial charge on any atom is 0.0967 e. The summed E-state index contributed by atoms with van der Waals surface area (Å²) in [5.41, 5.74) is 1.09. The highest BCUT2D eigenvalue weighted by molar-refractivity contribution is 5.85. The summed E-state index contributed by atoms with van der Waals surface area (Å²) >= 11 is 0. The maximum atomic E-state index is 4.23. The van der Waals surface area contributed by atoms with Gasteiger partial charge in [-0.1, -0.05) is 5.21 Å². The number of piperazine rings is 1. The molecule has 1 aromatic heterocycles. The lowest BCUT2D eigenvalue weighted by Gasteiger charge is -2.26. The van der Waals surface area contributed by atoms with Gasteiger partial charge in [-0.05, 0) is 20.8 Å². The minimum Gasteiger partial charge on any atom is -0.314 e. The fraction of sp³-hybridized carbons (Fsp3) is 0.818. The van der Waals surface area contributed by atoms with Gasteiger partial charge in [-0.3, -0.25) is 4.90 Å². The molecule has 0 unspecified atom stereocenters. The van der Waals surface area contributed by atoms with E-state index in [-0.39, 0.29) is 17.9 Å². The van der Waals surface area contributed by atoms with Gasteiger partial charge in [0.2, 0.25) is 0 Å². The highest BCUT2D eigenvalue weighted by Gasteiger charge is 2.17. The van der Waals surface area contributed by atoms with E-state index in [1.807, 2.05) is 4.68 Å². The van der Waals surface area contributed by atoms with Gasteiger partial charge in [0.1, 0.15) is 0 Å². The predicted molar refractivity (Wildman–Crippen MR) is 70.4 cm³/mol. The van der Waals surface area contributed by atoms with E-state index < -0.39 is 0 Å². The summed E-state index contributed by atoms with van der Waals surface area (Å²) in [5, 5.41) is 11.8. The number of nitrogens with zero attached hydrogens (tertiary/aromatic N) is 4. The van der Waals surface area contributed by atoms with Crippen molar-refractivity contribution in [2.75, 3.05) is 26.2 Å². The van der Waals surface area contributed by atoms with Crippen LogP contribution in [0.3, 0.4) is 0 Å². The molecule has 0 amide bonds. The Morgan fingerprint density at radius 1 is 1.29 bits per heavy atom. The number of hydrogen-bond acceptors (Lipinski definition) is 4. The Morgan fingerprint density at radius 3 is 2.47 bits per heavy atom. The average molecular weight is 260 g/mol. The zero-order chi connectivity index (χ0) is 11.6. The third-order valence-electron chi connectivity index (χ3n) is 2.82. The van der Waals surface area contributed by atoms with Gasteiger partial charge >= 0.3 is 0 Å². The van der Waals surface area contributed by atoms with E-state index >= 15 is 0 Å². The van der Waals surface area contributed by atoms with Crippen molar-refractivity contribution in [3.63, 3.8) is 0 Å². The molecule has 98 valence electrons. The molecule has 6 heteroatoms. The van der Waals surface area contributed by atoms with Crippen molar-refractivity contribution in [3.05, 3.63) is 11.9 Å². The van der Waals surface area contributed by atoms with E-state index in [2.05, 4.69) is 47.5 Å². The summed E-state index contributed by atoms with van der Waals surface area (Å²) in [6, 6.07) is 0. The lowest BCUT2D eigenvalue weighted by Crippen LogP contribution is -2.42. The molecular formula is C11H22ClN5. The maximum absolute atomic E-state index is 4.23. The first kappa shape index (κ1) is 14.4. The highest BCUT2D eigenvalue weighted by Crippen LogP contribution is 2.12. The molecule has 1 aliphatic heterocycles. The Kier molecular flexibility index (Phi) is 4.91. The molecule has 1 saturated heterocycles. The molecule has 0 bridgehead atoms. The molecule has 1 N–H and O–H groups in total. The van der Waals surface area contributed by atoms with Crippen molar-refractivity contribution >= 4 is 12.4 Å². The zero-order valence-electron chi connectivity index (χ0n) is 10.8. The van der Waals surface area contributed by atoms with Crippen LogP contribution in [0.25, 0.3) is 0 Å². The Labute approximate surface area is 109 Å². The van der Waals surface area contributed by atoms with E-state index in [1.54, 1.807) is 0 Å². The summed E-state index contributed by atoms with van der Waals surface area (Å²) in [4.78, 5) is 2.41. The number of aromatic nitrogens is 3. The first-order chi connectivity index (χ1) is 7.55. The molecule has 1 aliphatic rings. The molecule has 1 fully saturated rings. The zero-order valence-corrected chi connectivity index (χ0v) is 11.6. The van der Waals surface area contributed by atoms with Crippen LogP contribution in [-0.2, 0) is 12.1 Å². The van der Waals surface area contributed by atoms with Crippen LogP contribution >= 0.6 is 12.4 Å². The van der Waals surface area contributed by atoms with Gasteiger partial charge in [0.15, 0.2) is 0 Å². The third kappa shape index (κ3) is 3.94. The Morgan fingerprint density at radius 2 is 1.94 bits per heavy atom. The van der Waals surface area contributed by atoms with E-state index in [1.165, 1.54) is 0 Å². The minimum absolute atomic E-state index is 0. The SMILES string of the molecule is CC(C)(C)n1cc(CN2CCNCC2)nn1.Cl. The Hall–Kier alpha value is -0.650. The average Bonchev–Trinajstić information content (AvgIpc) is 2.67. The van der Waals surface area contributed by atoms with Gasteiger partial charge in [0.05, 0.1) is 17.4 Å². The summed E-state index contributed by atoms with van der Waals surface area (Å²) < 4.78 is 1.94. The Bertz CT molecular complexity index is 338. The summed E-state index contributed by atoms with van der Waals surface area (Å²) in [6.07, 6.45) is 2.06. The number of rotatable bonds is 2. The Balaban J connectivity index is 0.00000144. The third-order valence-corrected chi connectivity index (χ3v) is 2.82. The van der Waals surface area contributed by atoms with Gasteiger partial charge < -0.3 is 5.32 Å². The molecule has 0 saturated carbocycles. The number of hydrogen-bond donors (Lipinski definition) is 1. The van der Waals surface area contributed by atoms with Crippen molar-refractivity contribution < 1.29 is 0 Å². The van der Waals surface area contributed by atoms with Crippen molar-refractivity contribution in [2.45, 2.75) is 32.9 Å². The highest BCUT2D eigenvalue weighted by atomic mass is 35.5. The van der Waals surface area contributed by atoms with Crippen LogP contribution in [0.5, 0.6) is 0 Å². The smallest absolute Gasteiger partial charge is 0.0967 e. The van der Waals surface area contributed by atoms with E-state index in [9.17, 15) is 0 Å². The summed E-state index contributed by atoms with van der Waals surface area (Å²) in [5.74, 6) is 0. The van der Waals surface area contributed by atoms with Crippen LogP contribution in [0.4, 0.5) is 0 Å². The summed E-state index contributed by atoms with van der Waals surface area (Å²) in [6.45, 7) is 11.7. The predicted octanol–water partition coefficient (Wildman–Crippen LogP) is 0.860. The lowest BCUT2D eigenvalue weighted by molar-refractivity contribution is 0.230. The van der Waals surface area contributed by atoms with Crippen LogP contribution in [0.2, 0.25) is 0 Å². The number of halogens is 1. The second-order valence-electron chi connectivity index (χ2n) is 5.35. The fourth-order valence-electron chi connectivity index (χ4n) is 1.80. The first-order valence-corrected chi connectivity index (χ1v) is 5.90. The van der Waals surface area contributed by atoms with Crippen LogP contribution in [0, 0.1) is 0 Å². The van der Waals surface area contributed by atoms with E-state index in [0.29, 0.717) is 0 Å². The molecule has 0 atom stereocenters. The van der Waals surface area contributed by atoms with Crippen LogP contribution < -0.4 is 5.32 Å². The fourth-order valence-corrected chi connectivity index (χ4v) is 1.80. The largest absolute Gasteiger partial charge is 0.314 e. The van der Waals surface area contributed by atoms with Gasteiger partial charge in [-0.25, -0.2) is 4.68 Å². The summed E-state index contributed by atoms with van der Waals surface area (Å²) in [7, 11) is 0. The first-order valence-electron chi connectivity index (χ1n) is 5.90. The number of nitrogens with one attached hydrogen (secondary N) is 1. The normalized spacial score (nSPS) is 17.8. The minimum atomic E-state index is 0. The van der Waals surface area contributed by atoms with Crippen molar-refractivity contribution in [2.24, 2.45) is 0 Å². The van der Waals surface area contributed by atoms with Crippen molar-refractivity contribution in [3.8, 4) is 0 Å². The van der Waals surface area contributed by atoms with E-state index in [0.717, 1.165) is 38.4 Å². The van der Waals surface area contributed by atoms with Gasteiger partial charge in [-0.15, -0.1) is 17.5 Å². The molecule has 1 aromatic rings. The van der Waals surface area contributed by atoms with Gasteiger partial charge in [0, 0.05) is 32.7 Å². The van der Waals surface area contributed by atoms with Gasteiger partial charge in [-0.2, -0.15) is 0 Å². The molecule has 2 heterocycles. The topological polar surface area (TPSA) is 46.0 Å². The second kappa shape index (κ2) is 5.80. The monoisotopic (exact) mass is 259 g/mol. The molecule has 0 radical (unpaired) electrons. The molecule has 17 heavy (non-hydrogen) atoms. The molecule has 0 spiro atoms. The van der Waals surface area contributed by atoms with Crippen LogP contribution in [0.15, 0.2) is 6.20 Å². The van der Waals surface area contributed by atoms with Crippen LogP contribution in [0.1, 0.15) is 26.5 Å². The lowest BCUT2D eigenvalue weighted by atomic mass is 10.1. The van der Waals surface area contributed by atoms with Crippen molar-refractivity contribution in [1.82, 2.24) is 25.2 Å². The standard InChI is InChI=1S/C11H21N5.ClH/c1-11(2,3)16-9-10(13-14-16)8-15-6-4-12-5-7-15;/h9,12H,4-8H2,1-3H3;1H. The van der Waals surface area contributed by atoms with E-state index in [4.69, 9.17) is 0 Å². The molecule has 2 rings (SSSR count). The second-order valence-corrected chi connectivity index (χ2v) is 5.35. The quantitative estimate of drug-likeness (QED) is 0.856. The van der Waals surface area contributed by atoms with Crippen LogP contribution in [-0.4, -0.2) is 46.1 Å². The van der Waals surface area contributed by atoms with Gasteiger partial charge in [0.25, 0.3) is 0 Å². The molecular weight excluding hydrogens is 238 g/mol. The molecule has 0 aliphatic carbocycles. The molecule has 0 aromatic carbocycles. The van der Waals surface area contributed by atoms with Crippen molar-refractivity contribution in [1.29, 1.82) is 0 Å².